The third-order valence-corrected chi connectivity index (χ3v) is 4.88. The van der Waals surface area contributed by atoms with Gasteiger partial charge in [-0.05, 0) is 36.3 Å². The van der Waals surface area contributed by atoms with Crippen molar-refractivity contribution >= 4 is 34.4 Å². The normalized spacial score (nSPS) is 15.9. The predicted octanol–water partition coefficient (Wildman–Crippen LogP) is 3.27. The number of ether oxygens (including phenoxy) is 1. The first-order chi connectivity index (χ1) is 10.7. The zero-order chi connectivity index (χ0) is 15.4. The molecular formula is C15H20N4OS2. The van der Waals surface area contributed by atoms with Crippen molar-refractivity contribution in [1.82, 2.24) is 14.7 Å². The van der Waals surface area contributed by atoms with E-state index in [0.29, 0.717) is 0 Å². The van der Waals surface area contributed by atoms with Gasteiger partial charge in [0.05, 0.1) is 19.9 Å². The summed E-state index contributed by atoms with van der Waals surface area (Å²) in [6, 6.07) is 8.42. The van der Waals surface area contributed by atoms with Crippen LogP contribution in [0.5, 0.6) is 0 Å². The molecule has 1 saturated heterocycles. The van der Waals surface area contributed by atoms with Crippen LogP contribution in [0.4, 0.5) is 10.8 Å². The highest BCUT2D eigenvalue weighted by Gasteiger charge is 2.12. The quantitative estimate of drug-likeness (QED) is 0.849. The SMILES string of the molecule is CCc1ccc(Nc2nn(CN3CCOCC3)c(=S)s2)cc1. The lowest BCUT2D eigenvalue weighted by Crippen LogP contribution is -2.37. The Morgan fingerprint density at radius 3 is 2.68 bits per heavy atom. The van der Waals surface area contributed by atoms with Gasteiger partial charge in [0.2, 0.25) is 5.13 Å². The lowest BCUT2D eigenvalue weighted by atomic mass is 10.1. The van der Waals surface area contributed by atoms with Crippen molar-refractivity contribution in [2.45, 2.75) is 20.0 Å². The molecule has 0 atom stereocenters. The molecule has 2 heterocycles. The summed E-state index contributed by atoms with van der Waals surface area (Å²) >= 11 is 6.92. The molecule has 2 aromatic rings. The van der Waals surface area contributed by atoms with Crippen LogP contribution in [0.25, 0.3) is 0 Å². The Morgan fingerprint density at radius 1 is 1.27 bits per heavy atom. The number of nitrogens with zero attached hydrogens (tertiary/aromatic N) is 3. The fourth-order valence-corrected chi connectivity index (χ4v) is 3.34. The van der Waals surface area contributed by atoms with Gasteiger partial charge in [0.15, 0.2) is 3.95 Å². The molecule has 0 bridgehead atoms. The number of aromatic nitrogens is 2. The molecule has 1 aliphatic heterocycles. The van der Waals surface area contributed by atoms with Gasteiger partial charge in [-0.25, -0.2) is 4.68 Å². The second-order valence-corrected chi connectivity index (χ2v) is 6.84. The van der Waals surface area contributed by atoms with Crippen molar-refractivity contribution in [2.24, 2.45) is 0 Å². The minimum Gasteiger partial charge on any atom is -0.379 e. The van der Waals surface area contributed by atoms with Crippen LogP contribution in [-0.4, -0.2) is 41.0 Å². The van der Waals surface area contributed by atoms with Gasteiger partial charge in [-0.2, -0.15) is 0 Å². The topological polar surface area (TPSA) is 42.3 Å². The standard InChI is InChI=1S/C15H20N4OS2/c1-2-12-3-5-13(6-4-12)16-14-17-19(15(21)22-14)11-18-7-9-20-10-8-18/h3-6H,2,7-11H2,1H3,(H,16,17). The molecule has 1 aromatic carbocycles. The Kier molecular flexibility index (Phi) is 5.20. The van der Waals surface area contributed by atoms with Crippen molar-refractivity contribution < 1.29 is 4.74 Å². The van der Waals surface area contributed by atoms with Crippen LogP contribution >= 0.6 is 23.6 Å². The molecule has 0 amide bonds. The lowest BCUT2D eigenvalue weighted by molar-refractivity contribution is 0.0212. The Morgan fingerprint density at radius 2 is 2.00 bits per heavy atom. The molecular weight excluding hydrogens is 316 g/mol. The molecule has 0 saturated carbocycles. The molecule has 1 aliphatic rings. The average molecular weight is 336 g/mol. The summed E-state index contributed by atoms with van der Waals surface area (Å²) in [4.78, 5) is 2.30. The van der Waals surface area contributed by atoms with Crippen LogP contribution in [0.1, 0.15) is 12.5 Å². The van der Waals surface area contributed by atoms with E-state index in [4.69, 9.17) is 17.0 Å². The molecule has 0 aliphatic carbocycles. The summed E-state index contributed by atoms with van der Waals surface area (Å²) in [6.45, 7) is 6.32. The van der Waals surface area contributed by atoms with Crippen molar-refractivity contribution in [2.75, 3.05) is 31.6 Å². The zero-order valence-corrected chi connectivity index (χ0v) is 14.3. The Labute approximate surface area is 139 Å². The maximum atomic E-state index is 5.42. The summed E-state index contributed by atoms with van der Waals surface area (Å²) in [5.74, 6) is 0. The van der Waals surface area contributed by atoms with Crippen molar-refractivity contribution in [3.8, 4) is 0 Å². The van der Waals surface area contributed by atoms with Crippen molar-refractivity contribution in [1.29, 1.82) is 0 Å². The average Bonchev–Trinajstić information content (AvgIpc) is 2.88. The van der Waals surface area contributed by atoms with Gasteiger partial charge < -0.3 is 10.1 Å². The van der Waals surface area contributed by atoms with Crippen LogP contribution < -0.4 is 5.32 Å². The molecule has 5 nitrogen and oxygen atoms in total. The monoisotopic (exact) mass is 336 g/mol. The summed E-state index contributed by atoms with van der Waals surface area (Å²) in [7, 11) is 0. The highest BCUT2D eigenvalue weighted by molar-refractivity contribution is 7.73. The van der Waals surface area contributed by atoms with Crippen LogP contribution in [0.3, 0.4) is 0 Å². The van der Waals surface area contributed by atoms with Crippen LogP contribution in [0, 0.1) is 3.95 Å². The third-order valence-electron chi connectivity index (χ3n) is 3.66. The molecule has 1 N–H and O–H groups in total. The van der Waals surface area contributed by atoms with E-state index in [9.17, 15) is 0 Å². The number of rotatable bonds is 5. The molecule has 1 fully saturated rings. The maximum Gasteiger partial charge on any atom is 0.209 e. The van der Waals surface area contributed by atoms with Gasteiger partial charge in [-0.3, -0.25) is 4.90 Å². The van der Waals surface area contributed by atoms with Gasteiger partial charge in [0.25, 0.3) is 0 Å². The van der Waals surface area contributed by atoms with E-state index in [1.54, 1.807) is 0 Å². The van der Waals surface area contributed by atoms with E-state index in [1.807, 2.05) is 4.68 Å². The summed E-state index contributed by atoms with van der Waals surface area (Å²) in [5.41, 5.74) is 2.37. The van der Waals surface area contributed by atoms with Crippen LogP contribution in [0.2, 0.25) is 0 Å². The van der Waals surface area contributed by atoms with Crippen LogP contribution in [-0.2, 0) is 17.8 Å². The van der Waals surface area contributed by atoms with Gasteiger partial charge in [0, 0.05) is 18.8 Å². The number of anilines is 2. The van der Waals surface area contributed by atoms with E-state index in [-0.39, 0.29) is 0 Å². The maximum absolute atomic E-state index is 5.42. The largest absolute Gasteiger partial charge is 0.379 e. The highest BCUT2D eigenvalue weighted by atomic mass is 32.1. The van der Waals surface area contributed by atoms with Gasteiger partial charge in [-0.15, -0.1) is 5.10 Å². The molecule has 1 aromatic heterocycles. The summed E-state index contributed by atoms with van der Waals surface area (Å²) in [5, 5.41) is 8.75. The second kappa shape index (κ2) is 7.32. The van der Waals surface area contributed by atoms with Crippen molar-refractivity contribution in [3.05, 3.63) is 33.8 Å². The fourth-order valence-electron chi connectivity index (χ4n) is 2.33. The van der Waals surface area contributed by atoms with Crippen molar-refractivity contribution in [3.63, 3.8) is 0 Å². The van der Waals surface area contributed by atoms with E-state index in [0.717, 1.165) is 54.2 Å². The van der Waals surface area contributed by atoms with Gasteiger partial charge in [0.1, 0.15) is 0 Å². The molecule has 0 spiro atoms. The number of nitrogens with one attached hydrogen (secondary N) is 1. The molecule has 118 valence electrons. The number of benzene rings is 1. The fraction of sp³-hybridized carbons (Fsp3) is 0.467. The van der Waals surface area contributed by atoms with Crippen LogP contribution in [0.15, 0.2) is 24.3 Å². The van der Waals surface area contributed by atoms with E-state index in [1.165, 1.54) is 16.9 Å². The van der Waals surface area contributed by atoms with E-state index >= 15 is 0 Å². The molecule has 22 heavy (non-hydrogen) atoms. The first-order valence-electron chi connectivity index (χ1n) is 7.48. The second-order valence-electron chi connectivity index (χ2n) is 5.22. The first-order valence-corrected chi connectivity index (χ1v) is 8.71. The molecule has 0 unspecified atom stereocenters. The Hall–Kier alpha value is -1.28. The smallest absolute Gasteiger partial charge is 0.209 e. The third kappa shape index (κ3) is 3.92. The summed E-state index contributed by atoms with van der Waals surface area (Å²) in [6.07, 6.45) is 1.05. The van der Waals surface area contributed by atoms with E-state index < -0.39 is 0 Å². The Bertz CT molecular complexity index is 659. The Balaban J connectivity index is 1.67. The number of hydrogen-bond acceptors (Lipinski definition) is 6. The highest BCUT2D eigenvalue weighted by Crippen LogP contribution is 2.21. The molecule has 0 radical (unpaired) electrons. The van der Waals surface area contributed by atoms with E-state index in [2.05, 4.69) is 46.5 Å². The lowest BCUT2D eigenvalue weighted by Gasteiger charge is -2.26. The van der Waals surface area contributed by atoms with Gasteiger partial charge >= 0.3 is 0 Å². The predicted molar refractivity (Wildman–Crippen MR) is 92.4 cm³/mol. The number of aryl methyl sites for hydroxylation is 1. The number of morpholine rings is 1. The van der Waals surface area contributed by atoms with Gasteiger partial charge in [-0.1, -0.05) is 30.4 Å². The molecule has 7 heteroatoms. The minimum absolute atomic E-state index is 0.731. The number of hydrogen-bond donors (Lipinski definition) is 1. The molecule has 3 rings (SSSR count). The minimum atomic E-state index is 0.731. The summed E-state index contributed by atoms with van der Waals surface area (Å²) < 4.78 is 8.04. The zero-order valence-electron chi connectivity index (χ0n) is 12.6. The first kappa shape index (κ1) is 15.6.